The number of amides is 2. The van der Waals surface area contributed by atoms with E-state index in [1.807, 2.05) is 36.1 Å². The SMILES string of the molecule is Cc1ccccc1OCCCNC(=O)N1CCCC(C(C)O)C1. The summed E-state index contributed by atoms with van der Waals surface area (Å²) in [6, 6.07) is 7.89. The van der Waals surface area contributed by atoms with Gasteiger partial charge < -0.3 is 20.1 Å². The molecule has 0 saturated carbocycles. The fraction of sp³-hybridized carbons (Fsp3) is 0.611. The number of carbonyl (C=O) groups excluding carboxylic acids is 1. The first-order chi connectivity index (χ1) is 11.1. The molecule has 2 amide bonds. The second-order valence-corrected chi connectivity index (χ2v) is 6.29. The normalized spacial score (nSPS) is 19.3. The number of para-hydroxylation sites is 1. The van der Waals surface area contributed by atoms with E-state index in [0.717, 1.165) is 37.1 Å². The number of aliphatic hydroxyl groups excluding tert-OH is 1. The van der Waals surface area contributed by atoms with Crippen LogP contribution in [0, 0.1) is 12.8 Å². The van der Waals surface area contributed by atoms with Gasteiger partial charge in [-0.15, -0.1) is 0 Å². The third kappa shape index (κ3) is 5.43. The third-order valence-electron chi connectivity index (χ3n) is 4.38. The van der Waals surface area contributed by atoms with Crippen LogP contribution in [-0.4, -0.2) is 48.4 Å². The monoisotopic (exact) mass is 320 g/mol. The summed E-state index contributed by atoms with van der Waals surface area (Å²) in [7, 11) is 0. The zero-order valence-corrected chi connectivity index (χ0v) is 14.1. The molecule has 1 fully saturated rings. The highest BCUT2D eigenvalue weighted by molar-refractivity contribution is 5.74. The number of likely N-dealkylation sites (tertiary alicyclic amines) is 1. The fourth-order valence-electron chi connectivity index (χ4n) is 2.87. The number of hydrogen-bond acceptors (Lipinski definition) is 3. The van der Waals surface area contributed by atoms with Gasteiger partial charge in [0.05, 0.1) is 12.7 Å². The van der Waals surface area contributed by atoms with Crippen molar-refractivity contribution < 1.29 is 14.6 Å². The van der Waals surface area contributed by atoms with E-state index in [9.17, 15) is 9.90 Å². The van der Waals surface area contributed by atoms with Gasteiger partial charge in [0.2, 0.25) is 0 Å². The average molecular weight is 320 g/mol. The number of nitrogens with zero attached hydrogens (tertiary/aromatic N) is 1. The second kappa shape index (κ2) is 8.77. The van der Waals surface area contributed by atoms with Gasteiger partial charge in [0.1, 0.15) is 5.75 Å². The Balaban J connectivity index is 1.64. The van der Waals surface area contributed by atoms with E-state index in [4.69, 9.17) is 4.74 Å². The molecule has 128 valence electrons. The molecule has 2 atom stereocenters. The van der Waals surface area contributed by atoms with Gasteiger partial charge in [0, 0.05) is 25.6 Å². The molecular formula is C18H28N2O3. The molecule has 2 rings (SSSR count). The van der Waals surface area contributed by atoms with Crippen LogP contribution in [0.15, 0.2) is 24.3 Å². The molecule has 0 spiro atoms. The van der Waals surface area contributed by atoms with Crippen LogP contribution in [0.25, 0.3) is 0 Å². The Kier molecular flexibility index (Phi) is 6.71. The predicted octanol–water partition coefficient (Wildman–Crippen LogP) is 2.57. The van der Waals surface area contributed by atoms with Crippen LogP contribution in [0.4, 0.5) is 4.79 Å². The maximum Gasteiger partial charge on any atom is 0.317 e. The largest absolute Gasteiger partial charge is 0.493 e. The van der Waals surface area contributed by atoms with Gasteiger partial charge in [-0.25, -0.2) is 4.79 Å². The minimum atomic E-state index is -0.354. The lowest BCUT2D eigenvalue weighted by Crippen LogP contribution is -2.47. The molecule has 1 heterocycles. The van der Waals surface area contributed by atoms with Crippen molar-refractivity contribution in [2.75, 3.05) is 26.2 Å². The molecule has 1 saturated heterocycles. The summed E-state index contributed by atoms with van der Waals surface area (Å²) in [5.41, 5.74) is 1.12. The molecule has 1 aliphatic heterocycles. The third-order valence-corrected chi connectivity index (χ3v) is 4.38. The summed E-state index contributed by atoms with van der Waals surface area (Å²) < 4.78 is 5.71. The number of rotatable bonds is 6. The molecule has 23 heavy (non-hydrogen) atoms. The van der Waals surface area contributed by atoms with Crippen molar-refractivity contribution in [3.63, 3.8) is 0 Å². The van der Waals surface area contributed by atoms with Gasteiger partial charge in [0.25, 0.3) is 0 Å². The number of hydrogen-bond donors (Lipinski definition) is 2. The van der Waals surface area contributed by atoms with Gasteiger partial charge in [-0.05, 0) is 44.7 Å². The molecule has 1 aliphatic rings. The lowest BCUT2D eigenvalue weighted by Gasteiger charge is -2.34. The minimum Gasteiger partial charge on any atom is -0.493 e. The summed E-state index contributed by atoms with van der Waals surface area (Å²) in [4.78, 5) is 14.0. The van der Waals surface area contributed by atoms with Crippen molar-refractivity contribution in [2.24, 2.45) is 5.92 Å². The Labute approximate surface area is 138 Å². The lowest BCUT2D eigenvalue weighted by atomic mass is 9.94. The summed E-state index contributed by atoms with van der Waals surface area (Å²) in [5, 5.41) is 12.6. The molecule has 1 aromatic rings. The summed E-state index contributed by atoms with van der Waals surface area (Å²) >= 11 is 0. The van der Waals surface area contributed by atoms with Crippen LogP contribution in [-0.2, 0) is 0 Å². The topological polar surface area (TPSA) is 61.8 Å². The molecule has 1 aromatic carbocycles. The first-order valence-electron chi connectivity index (χ1n) is 8.47. The van der Waals surface area contributed by atoms with E-state index in [0.29, 0.717) is 19.7 Å². The summed E-state index contributed by atoms with van der Waals surface area (Å²) in [5.74, 6) is 1.09. The van der Waals surface area contributed by atoms with Gasteiger partial charge >= 0.3 is 6.03 Å². The van der Waals surface area contributed by atoms with E-state index in [2.05, 4.69) is 5.32 Å². The number of piperidine rings is 1. The first-order valence-corrected chi connectivity index (χ1v) is 8.47. The molecule has 5 heteroatoms. The van der Waals surface area contributed by atoms with E-state index >= 15 is 0 Å². The standard InChI is InChI=1S/C18H28N2O3/c1-14-7-3-4-9-17(14)23-12-6-10-19-18(22)20-11-5-8-16(13-20)15(2)21/h3-4,7,9,15-16,21H,5-6,8,10-13H2,1-2H3,(H,19,22). The van der Waals surface area contributed by atoms with E-state index in [-0.39, 0.29) is 18.1 Å². The van der Waals surface area contributed by atoms with Gasteiger partial charge in [-0.2, -0.15) is 0 Å². The average Bonchev–Trinajstić information content (AvgIpc) is 2.56. The predicted molar refractivity (Wildman–Crippen MR) is 90.7 cm³/mol. The van der Waals surface area contributed by atoms with E-state index in [1.54, 1.807) is 6.92 Å². The molecule has 0 aromatic heterocycles. The highest BCUT2D eigenvalue weighted by Crippen LogP contribution is 2.19. The quantitative estimate of drug-likeness (QED) is 0.792. The summed E-state index contributed by atoms with van der Waals surface area (Å²) in [6.07, 6.45) is 2.37. The Bertz CT molecular complexity index is 505. The van der Waals surface area contributed by atoms with Crippen LogP contribution in [0.2, 0.25) is 0 Å². The van der Waals surface area contributed by atoms with Crippen molar-refractivity contribution >= 4 is 6.03 Å². The van der Waals surface area contributed by atoms with Crippen LogP contribution in [0.3, 0.4) is 0 Å². The number of ether oxygens (including phenoxy) is 1. The number of aryl methyl sites for hydroxylation is 1. The molecule has 0 bridgehead atoms. The number of benzene rings is 1. The molecule has 2 N–H and O–H groups in total. The number of nitrogens with one attached hydrogen (secondary N) is 1. The van der Waals surface area contributed by atoms with E-state index < -0.39 is 0 Å². The minimum absolute atomic E-state index is 0.0359. The lowest BCUT2D eigenvalue weighted by molar-refractivity contribution is 0.0739. The van der Waals surface area contributed by atoms with Crippen LogP contribution >= 0.6 is 0 Å². The smallest absolute Gasteiger partial charge is 0.317 e. The highest BCUT2D eigenvalue weighted by atomic mass is 16.5. The van der Waals surface area contributed by atoms with Crippen LogP contribution in [0.1, 0.15) is 31.7 Å². The second-order valence-electron chi connectivity index (χ2n) is 6.29. The van der Waals surface area contributed by atoms with Gasteiger partial charge in [-0.1, -0.05) is 18.2 Å². The molecule has 2 unspecified atom stereocenters. The van der Waals surface area contributed by atoms with Crippen molar-refractivity contribution in [3.05, 3.63) is 29.8 Å². The molecule has 5 nitrogen and oxygen atoms in total. The maximum absolute atomic E-state index is 12.1. The van der Waals surface area contributed by atoms with E-state index in [1.165, 1.54) is 0 Å². The highest BCUT2D eigenvalue weighted by Gasteiger charge is 2.26. The first kappa shape index (κ1) is 17.6. The van der Waals surface area contributed by atoms with Crippen molar-refractivity contribution in [3.8, 4) is 5.75 Å². The fourth-order valence-corrected chi connectivity index (χ4v) is 2.87. The Morgan fingerprint density at radius 1 is 1.48 bits per heavy atom. The number of carbonyl (C=O) groups is 1. The van der Waals surface area contributed by atoms with Crippen LogP contribution < -0.4 is 10.1 Å². The van der Waals surface area contributed by atoms with Gasteiger partial charge in [-0.3, -0.25) is 0 Å². The molecular weight excluding hydrogens is 292 g/mol. The van der Waals surface area contributed by atoms with Crippen molar-refractivity contribution in [2.45, 2.75) is 39.2 Å². The Morgan fingerprint density at radius 2 is 2.26 bits per heavy atom. The molecule has 0 radical (unpaired) electrons. The Morgan fingerprint density at radius 3 is 3.00 bits per heavy atom. The number of urea groups is 1. The molecule has 0 aliphatic carbocycles. The van der Waals surface area contributed by atoms with Crippen molar-refractivity contribution in [1.82, 2.24) is 10.2 Å². The van der Waals surface area contributed by atoms with Gasteiger partial charge in [0.15, 0.2) is 0 Å². The Hall–Kier alpha value is -1.75. The van der Waals surface area contributed by atoms with Crippen molar-refractivity contribution in [1.29, 1.82) is 0 Å². The van der Waals surface area contributed by atoms with Crippen LogP contribution in [0.5, 0.6) is 5.75 Å². The summed E-state index contributed by atoms with van der Waals surface area (Å²) in [6.45, 7) is 6.42. The number of aliphatic hydroxyl groups is 1. The zero-order chi connectivity index (χ0) is 16.7. The zero-order valence-electron chi connectivity index (χ0n) is 14.1. The maximum atomic E-state index is 12.1.